The molecule has 0 atom stereocenters. The largest absolute Gasteiger partial charge is 0.465 e. The van der Waals surface area contributed by atoms with Crippen molar-refractivity contribution in [2.45, 2.75) is 38.7 Å². The lowest BCUT2D eigenvalue weighted by atomic mass is 10.1. The molecule has 0 spiro atoms. The van der Waals surface area contributed by atoms with Crippen LogP contribution < -0.4 is 0 Å². The van der Waals surface area contributed by atoms with Crippen LogP contribution in [0.4, 0.5) is 8.78 Å². The number of hydrogen-bond acceptors (Lipinski definition) is 4. The van der Waals surface area contributed by atoms with Crippen LogP contribution in [-0.2, 0) is 11.3 Å². The zero-order chi connectivity index (χ0) is 15.1. The van der Waals surface area contributed by atoms with Crippen LogP contribution in [0.15, 0.2) is 6.07 Å². The van der Waals surface area contributed by atoms with E-state index in [-0.39, 0.29) is 0 Å². The van der Waals surface area contributed by atoms with Crippen molar-refractivity contribution in [1.82, 2.24) is 14.8 Å². The Morgan fingerprint density at radius 1 is 1.52 bits per heavy atom. The van der Waals surface area contributed by atoms with Crippen LogP contribution >= 0.6 is 0 Å². The van der Waals surface area contributed by atoms with Gasteiger partial charge in [-0.15, -0.1) is 0 Å². The number of ether oxygens (including phenoxy) is 1. The van der Waals surface area contributed by atoms with Gasteiger partial charge >= 0.3 is 5.97 Å². The van der Waals surface area contributed by atoms with Crippen molar-refractivity contribution < 1.29 is 18.3 Å². The number of alkyl halides is 2. The Hall–Kier alpha value is -2.05. The highest BCUT2D eigenvalue weighted by molar-refractivity contribution is 6.03. The number of fused-ring (bicyclic) bond motifs is 1. The summed E-state index contributed by atoms with van der Waals surface area (Å²) in [5, 5.41) is 4.59. The van der Waals surface area contributed by atoms with Crippen LogP contribution in [0.3, 0.4) is 0 Å². The van der Waals surface area contributed by atoms with E-state index in [9.17, 15) is 13.6 Å². The molecule has 0 radical (unpaired) electrons. The van der Waals surface area contributed by atoms with Gasteiger partial charge in [0.1, 0.15) is 6.54 Å². The topological polar surface area (TPSA) is 57.0 Å². The molecule has 0 aromatic carbocycles. The molecule has 21 heavy (non-hydrogen) atoms. The third-order valence-corrected chi connectivity index (χ3v) is 3.61. The number of methoxy groups -OCH3 is 1. The molecular weight excluding hydrogens is 280 g/mol. The van der Waals surface area contributed by atoms with Crippen LogP contribution in [0.25, 0.3) is 11.0 Å². The van der Waals surface area contributed by atoms with E-state index in [1.807, 2.05) is 0 Å². The Morgan fingerprint density at radius 2 is 2.24 bits per heavy atom. The molecule has 2 aromatic rings. The van der Waals surface area contributed by atoms with Crippen LogP contribution in [0, 0.1) is 6.92 Å². The number of aromatic nitrogens is 3. The van der Waals surface area contributed by atoms with E-state index in [4.69, 9.17) is 4.74 Å². The minimum atomic E-state index is -2.53. The maximum Gasteiger partial charge on any atom is 0.338 e. The molecule has 0 amide bonds. The lowest BCUT2D eigenvalue weighted by Gasteiger charge is -2.07. The summed E-state index contributed by atoms with van der Waals surface area (Å²) in [6.07, 6.45) is -0.525. The van der Waals surface area contributed by atoms with E-state index in [2.05, 4.69) is 10.1 Å². The number of aryl methyl sites for hydroxylation is 1. The Balaban J connectivity index is 2.23. The first-order chi connectivity index (χ1) is 10.0. The highest BCUT2D eigenvalue weighted by atomic mass is 19.3. The minimum Gasteiger partial charge on any atom is -0.465 e. The molecule has 112 valence electrons. The van der Waals surface area contributed by atoms with E-state index in [1.165, 1.54) is 11.8 Å². The van der Waals surface area contributed by atoms with Crippen molar-refractivity contribution in [3.8, 4) is 0 Å². The molecule has 1 aliphatic rings. The summed E-state index contributed by atoms with van der Waals surface area (Å²) < 4.78 is 31.3. The Labute approximate surface area is 119 Å². The Kier molecular flexibility index (Phi) is 3.35. The molecule has 2 aromatic heterocycles. The fraction of sp³-hybridized carbons (Fsp3) is 0.500. The molecule has 1 aliphatic carbocycles. The monoisotopic (exact) mass is 295 g/mol. The molecule has 3 rings (SSSR count). The Morgan fingerprint density at radius 3 is 2.81 bits per heavy atom. The summed E-state index contributed by atoms with van der Waals surface area (Å²) in [6.45, 7) is 1.14. The SMILES string of the molecule is COC(=O)c1cc(C2CC2)nc2c1c(C)nn2CC(F)F. The lowest BCUT2D eigenvalue weighted by Crippen LogP contribution is -2.10. The molecule has 5 nitrogen and oxygen atoms in total. The third-order valence-electron chi connectivity index (χ3n) is 3.61. The van der Waals surface area contributed by atoms with E-state index in [0.717, 1.165) is 18.5 Å². The summed E-state index contributed by atoms with van der Waals surface area (Å²) in [7, 11) is 1.30. The highest BCUT2D eigenvalue weighted by Crippen LogP contribution is 2.40. The predicted molar refractivity (Wildman–Crippen MR) is 71.6 cm³/mol. The average molecular weight is 295 g/mol. The van der Waals surface area contributed by atoms with E-state index in [1.54, 1.807) is 13.0 Å². The first-order valence-electron chi connectivity index (χ1n) is 6.75. The van der Waals surface area contributed by atoms with Gasteiger partial charge in [0.05, 0.1) is 23.8 Å². The van der Waals surface area contributed by atoms with Gasteiger partial charge in [-0.3, -0.25) is 0 Å². The van der Waals surface area contributed by atoms with Gasteiger partial charge < -0.3 is 4.74 Å². The summed E-state index contributed by atoms with van der Waals surface area (Å²) in [5.41, 5.74) is 1.93. The van der Waals surface area contributed by atoms with Gasteiger partial charge in [0.2, 0.25) is 0 Å². The van der Waals surface area contributed by atoms with Gasteiger partial charge in [-0.05, 0) is 25.8 Å². The molecule has 1 saturated carbocycles. The molecule has 1 fully saturated rings. The molecule has 0 saturated heterocycles. The zero-order valence-electron chi connectivity index (χ0n) is 11.8. The van der Waals surface area contributed by atoms with E-state index in [0.29, 0.717) is 28.2 Å². The Bertz CT molecular complexity index is 708. The molecular formula is C14H15F2N3O2. The van der Waals surface area contributed by atoms with Crippen molar-refractivity contribution in [3.05, 3.63) is 23.0 Å². The summed E-state index contributed by atoms with van der Waals surface area (Å²) in [6, 6.07) is 1.70. The predicted octanol–water partition coefficient (Wildman–Crippen LogP) is 2.67. The van der Waals surface area contributed by atoms with Crippen molar-refractivity contribution in [3.63, 3.8) is 0 Å². The fourth-order valence-electron chi connectivity index (χ4n) is 2.49. The smallest absolute Gasteiger partial charge is 0.338 e. The second-order valence-corrected chi connectivity index (χ2v) is 5.22. The van der Waals surface area contributed by atoms with Crippen molar-refractivity contribution in [2.75, 3.05) is 7.11 Å². The number of halogens is 2. The van der Waals surface area contributed by atoms with Crippen LogP contribution in [0.2, 0.25) is 0 Å². The van der Waals surface area contributed by atoms with Crippen molar-refractivity contribution in [1.29, 1.82) is 0 Å². The summed E-state index contributed by atoms with van der Waals surface area (Å²) in [5.74, 6) is -0.197. The highest BCUT2D eigenvalue weighted by Gasteiger charge is 2.29. The minimum absolute atomic E-state index is 0.299. The lowest BCUT2D eigenvalue weighted by molar-refractivity contribution is 0.0602. The quantitative estimate of drug-likeness (QED) is 0.814. The zero-order valence-corrected chi connectivity index (χ0v) is 11.8. The standard InChI is InChI=1S/C14H15F2N3O2/c1-7-12-9(14(20)21-2)5-10(8-3-4-8)17-13(12)19(18-7)6-11(15)16/h5,8,11H,3-4,6H2,1-2H3. The van der Waals surface area contributed by atoms with E-state index >= 15 is 0 Å². The number of hydrogen-bond donors (Lipinski definition) is 0. The summed E-state index contributed by atoms with van der Waals surface area (Å²) in [4.78, 5) is 16.4. The van der Waals surface area contributed by atoms with Gasteiger partial charge in [-0.25, -0.2) is 23.2 Å². The van der Waals surface area contributed by atoms with Crippen LogP contribution in [0.5, 0.6) is 0 Å². The van der Waals surface area contributed by atoms with Gasteiger partial charge in [0.25, 0.3) is 6.43 Å². The second kappa shape index (κ2) is 5.05. The maximum atomic E-state index is 12.7. The number of rotatable bonds is 4. The number of carbonyl (C=O) groups is 1. The van der Waals surface area contributed by atoms with Gasteiger partial charge in [0.15, 0.2) is 5.65 Å². The second-order valence-electron chi connectivity index (χ2n) is 5.22. The number of pyridine rings is 1. The van der Waals surface area contributed by atoms with Crippen LogP contribution in [-0.4, -0.2) is 34.3 Å². The molecule has 0 N–H and O–H groups in total. The third kappa shape index (κ3) is 2.48. The first kappa shape index (κ1) is 13.9. The molecule has 0 aliphatic heterocycles. The first-order valence-corrected chi connectivity index (χ1v) is 6.75. The summed E-state index contributed by atoms with van der Waals surface area (Å²) >= 11 is 0. The fourth-order valence-corrected chi connectivity index (χ4v) is 2.49. The van der Waals surface area contributed by atoms with E-state index < -0.39 is 18.9 Å². The molecule has 0 unspecified atom stereocenters. The van der Waals surface area contributed by atoms with Crippen molar-refractivity contribution in [2.24, 2.45) is 0 Å². The van der Waals surface area contributed by atoms with Gasteiger partial charge in [-0.1, -0.05) is 0 Å². The van der Waals surface area contributed by atoms with Crippen LogP contribution in [0.1, 0.15) is 40.5 Å². The number of nitrogens with zero attached hydrogens (tertiary/aromatic N) is 3. The molecule has 0 bridgehead atoms. The number of carbonyl (C=O) groups excluding carboxylic acids is 1. The maximum absolute atomic E-state index is 12.7. The molecule has 2 heterocycles. The van der Waals surface area contributed by atoms with Gasteiger partial charge in [-0.2, -0.15) is 5.10 Å². The molecule has 7 heteroatoms. The average Bonchev–Trinajstić information content (AvgIpc) is 3.24. The van der Waals surface area contributed by atoms with Crippen molar-refractivity contribution >= 4 is 17.0 Å². The number of esters is 1. The van der Waals surface area contributed by atoms with Gasteiger partial charge in [0, 0.05) is 11.6 Å². The normalized spacial score (nSPS) is 14.9.